The van der Waals surface area contributed by atoms with Crippen LogP contribution in [0.2, 0.25) is 10.0 Å². The van der Waals surface area contributed by atoms with Gasteiger partial charge < -0.3 is 4.74 Å². The third-order valence-electron chi connectivity index (χ3n) is 3.08. The largest absolute Gasteiger partial charge is 0.495 e. The van der Waals surface area contributed by atoms with Crippen LogP contribution in [0, 0.1) is 0 Å². The van der Waals surface area contributed by atoms with Gasteiger partial charge in [-0.3, -0.25) is 4.79 Å². The van der Waals surface area contributed by atoms with Crippen LogP contribution in [0.3, 0.4) is 0 Å². The molecule has 1 aliphatic carbocycles. The Labute approximate surface area is 114 Å². The lowest BCUT2D eigenvalue weighted by Crippen LogP contribution is -1.97. The van der Waals surface area contributed by atoms with E-state index in [9.17, 15) is 4.79 Å². The highest BCUT2D eigenvalue weighted by atomic mass is 35.5. The van der Waals surface area contributed by atoms with Crippen LogP contribution in [0.4, 0.5) is 0 Å². The van der Waals surface area contributed by atoms with Gasteiger partial charge in [-0.25, -0.2) is 0 Å². The Bertz CT molecular complexity index is 678. The standard InChI is InChI=1S/C14H8Cl2O2/c1-18-10-6-9-7-4-2-3-5-8(7)14(17)11(9)13(16)12(10)15/h2-6H,1H3. The summed E-state index contributed by atoms with van der Waals surface area (Å²) in [7, 11) is 1.52. The number of ether oxygens (including phenoxy) is 1. The fraction of sp³-hybridized carbons (Fsp3) is 0.0714. The number of fused-ring (bicyclic) bond motifs is 3. The first-order chi connectivity index (χ1) is 8.65. The molecule has 0 N–H and O–H groups in total. The van der Waals surface area contributed by atoms with Crippen LogP contribution in [0.15, 0.2) is 30.3 Å². The minimum atomic E-state index is -0.0878. The van der Waals surface area contributed by atoms with Gasteiger partial charge in [-0.2, -0.15) is 0 Å². The molecule has 2 aromatic rings. The smallest absolute Gasteiger partial charge is 0.195 e. The van der Waals surface area contributed by atoms with Gasteiger partial charge >= 0.3 is 0 Å². The number of rotatable bonds is 1. The number of halogens is 2. The van der Waals surface area contributed by atoms with Gasteiger partial charge in [-0.05, 0) is 17.2 Å². The Balaban J connectivity index is 2.40. The summed E-state index contributed by atoms with van der Waals surface area (Å²) in [6.45, 7) is 0. The second-order valence-corrected chi connectivity index (χ2v) is 4.76. The Morgan fingerprint density at radius 2 is 1.67 bits per heavy atom. The number of benzene rings is 2. The average Bonchev–Trinajstić information content (AvgIpc) is 2.68. The average molecular weight is 279 g/mol. The number of hydrogen-bond donors (Lipinski definition) is 0. The zero-order valence-corrected chi connectivity index (χ0v) is 11.0. The van der Waals surface area contributed by atoms with Gasteiger partial charge in [0.15, 0.2) is 5.78 Å². The molecule has 0 spiro atoms. The Morgan fingerprint density at radius 3 is 2.33 bits per heavy atom. The van der Waals surface area contributed by atoms with E-state index in [0.717, 1.165) is 11.1 Å². The summed E-state index contributed by atoms with van der Waals surface area (Å²) in [5.74, 6) is 0.389. The molecule has 18 heavy (non-hydrogen) atoms. The molecule has 0 saturated carbocycles. The normalized spacial score (nSPS) is 12.3. The second kappa shape index (κ2) is 4.01. The van der Waals surface area contributed by atoms with Crippen LogP contribution in [0.1, 0.15) is 15.9 Å². The summed E-state index contributed by atoms with van der Waals surface area (Å²) in [6, 6.07) is 9.15. The van der Waals surface area contributed by atoms with E-state index in [0.29, 0.717) is 16.9 Å². The topological polar surface area (TPSA) is 26.3 Å². The van der Waals surface area contributed by atoms with E-state index >= 15 is 0 Å². The molecule has 0 fully saturated rings. The number of carbonyl (C=O) groups is 1. The summed E-state index contributed by atoms with van der Waals surface area (Å²) in [5.41, 5.74) is 2.76. The third kappa shape index (κ3) is 1.39. The second-order valence-electron chi connectivity index (χ2n) is 4.00. The summed E-state index contributed by atoms with van der Waals surface area (Å²) >= 11 is 12.3. The van der Waals surface area contributed by atoms with Crippen molar-refractivity contribution in [2.45, 2.75) is 0 Å². The van der Waals surface area contributed by atoms with Crippen molar-refractivity contribution in [3.8, 4) is 16.9 Å². The Kier molecular flexibility index (Phi) is 2.58. The molecular formula is C14H8Cl2O2. The van der Waals surface area contributed by atoms with Crippen molar-refractivity contribution in [2.75, 3.05) is 7.11 Å². The lowest BCUT2D eigenvalue weighted by Gasteiger charge is -2.09. The first-order valence-electron chi connectivity index (χ1n) is 5.35. The molecule has 0 heterocycles. The van der Waals surface area contributed by atoms with E-state index in [4.69, 9.17) is 27.9 Å². The van der Waals surface area contributed by atoms with E-state index in [1.807, 2.05) is 18.2 Å². The predicted octanol–water partition coefficient (Wildman–Crippen LogP) is 4.21. The fourth-order valence-electron chi connectivity index (χ4n) is 2.24. The SMILES string of the molecule is COc1cc2c(c(Cl)c1Cl)C(=O)c1ccccc1-2. The number of ketones is 1. The zero-order valence-electron chi connectivity index (χ0n) is 9.46. The van der Waals surface area contributed by atoms with Crippen molar-refractivity contribution < 1.29 is 9.53 Å². The van der Waals surface area contributed by atoms with Crippen LogP contribution >= 0.6 is 23.2 Å². The van der Waals surface area contributed by atoms with Crippen LogP contribution in [0.5, 0.6) is 5.75 Å². The minimum absolute atomic E-state index is 0.0878. The lowest BCUT2D eigenvalue weighted by molar-refractivity contribution is 0.104. The maximum absolute atomic E-state index is 12.3. The molecular weight excluding hydrogens is 271 g/mol. The van der Waals surface area contributed by atoms with Crippen LogP contribution in [0.25, 0.3) is 11.1 Å². The van der Waals surface area contributed by atoms with Crippen LogP contribution in [-0.4, -0.2) is 12.9 Å². The number of carbonyl (C=O) groups excluding carboxylic acids is 1. The fourth-order valence-corrected chi connectivity index (χ4v) is 2.74. The summed E-state index contributed by atoms with van der Waals surface area (Å²) in [6.07, 6.45) is 0. The van der Waals surface area contributed by atoms with Crippen LogP contribution in [-0.2, 0) is 0 Å². The minimum Gasteiger partial charge on any atom is -0.495 e. The predicted molar refractivity (Wildman–Crippen MR) is 71.9 cm³/mol. The molecule has 3 rings (SSSR count). The quantitative estimate of drug-likeness (QED) is 0.666. The van der Waals surface area contributed by atoms with E-state index in [1.165, 1.54) is 7.11 Å². The van der Waals surface area contributed by atoms with Crippen molar-refractivity contribution in [2.24, 2.45) is 0 Å². The lowest BCUT2D eigenvalue weighted by atomic mass is 10.1. The molecule has 4 heteroatoms. The van der Waals surface area contributed by atoms with Gasteiger partial charge in [0.25, 0.3) is 0 Å². The summed E-state index contributed by atoms with van der Waals surface area (Å²) in [4.78, 5) is 12.3. The van der Waals surface area contributed by atoms with E-state index < -0.39 is 0 Å². The van der Waals surface area contributed by atoms with Crippen molar-refractivity contribution in [1.29, 1.82) is 0 Å². The number of methoxy groups -OCH3 is 1. The first-order valence-corrected chi connectivity index (χ1v) is 6.11. The van der Waals surface area contributed by atoms with Crippen molar-refractivity contribution in [3.63, 3.8) is 0 Å². The van der Waals surface area contributed by atoms with Gasteiger partial charge in [-0.15, -0.1) is 0 Å². The molecule has 90 valence electrons. The molecule has 0 aliphatic heterocycles. The molecule has 1 aliphatic rings. The molecule has 0 bridgehead atoms. The van der Waals surface area contributed by atoms with Gasteiger partial charge in [0.2, 0.25) is 0 Å². The molecule has 0 aromatic heterocycles. The molecule has 0 saturated heterocycles. The maximum Gasteiger partial charge on any atom is 0.195 e. The Hall–Kier alpha value is -1.51. The first kappa shape index (κ1) is 11.6. The Morgan fingerprint density at radius 1 is 1.00 bits per heavy atom. The van der Waals surface area contributed by atoms with Crippen LogP contribution < -0.4 is 4.74 Å². The molecule has 2 nitrogen and oxygen atoms in total. The molecule has 0 amide bonds. The van der Waals surface area contributed by atoms with E-state index in [-0.39, 0.29) is 15.8 Å². The van der Waals surface area contributed by atoms with Crippen molar-refractivity contribution in [1.82, 2.24) is 0 Å². The van der Waals surface area contributed by atoms with Gasteiger partial charge in [0.05, 0.1) is 17.7 Å². The third-order valence-corrected chi connectivity index (χ3v) is 3.93. The highest BCUT2D eigenvalue weighted by molar-refractivity contribution is 6.46. The maximum atomic E-state index is 12.3. The molecule has 0 radical (unpaired) electrons. The summed E-state index contributed by atoms with van der Waals surface area (Å²) in [5, 5.41) is 0.534. The number of hydrogen-bond acceptors (Lipinski definition) is 2. The molecule has 0 unspecified atom stereocenters. The highest BCUT2D eigenvalue weighted by Crippen LogP contribution is 2.46. The van der Waals surface area contributed by atoms with Gasteiger partial charge in [0, 0.05) is 5.56 Å². The van der Waals surface area contributed by atoms with E-state index in [1.54, 1.807) is 12.1 Å². The summed E-state index contributed by atoms with van der Waals surface area (Å²) < 4.78 is 5.17. The van der Waals surface area contributed by atoms with Gasteiger partial charge in [-0.1, -0.05) is 47.5 Å². The van der Waals surface area contributed by atoms with Crippen molar-refractivity contribution >= 4 is 29.0 Å². The van der Waals surface area contributed by atoms with Gasteiger partial charge in [0.1, 0.15) is 10.8 Å². The molecule has 2 aromatic carbocycles. The molecule has 0 atom stereocenters. The zero-order chi connectivity index (χ0) is 12.9. The highest BCUT2D eigenvalue weighted by Gasteiger charge is 2.31. The van der Waals surface area contributed by atoms with Crippen molar-refractivity contribution in [3.05, 3.63) is 51.5 Å². The van der Waals surface area contributed by atoms with E-state index in [2.05, 4.69) is 0 Å². The monoisotopic (exact) mass is 278 g/mol.